The third-order valence-electron chi connectivity index (χ3n) is 1.93. The highest BCUT2D eigenvalue weighted by atomic mass is 35.5. The second-order valence-corrected chi connectivity index (χ2v) is 3.12. The molecule has 78 valence electrons. The number of aliphatic hydroxyl groups is 1. The summed E-state index contributed by atoms with van der Waals surface area (Å²) in [6.45, 7) is -0.396. The zero-order valence-corrected chi connectivity index (χ0v) is 8.71. The largest absolute Gasteiger partial charge is 0.465 e. The first-order valence-electron chi connectivity index (χ1n) is 4.06. The Hall–Kier alpha value is -1.57. The van der Waals surface area contributed by atoms with Crippen LogP contribution in [0.4, 0.5) is 0 Å². The summed E-state index contributed by atoms with van der Waals surface area (Å²) in [5.74, 6) is -0.627. The highest BCUT2D eigenvalue weighted by Gasteiger charge is 2.17. The lowest BCUT2D eigenvalue weighted by Crippen LogP contribution is -2.07. The lowest BCUT2D eigenvalue weighted by molar-refractivity contribution is 0.0600. The van der Waals surface area contributed by atoms with Crippen molar-refractivity contribution in [3.8, 4) is 6.07 Å². The van der Waals surface area contributed by atoms with E-state index in [4.69, 9.17) is 22.0 Å². The van der Waals surface area contributed by atoms with Crippen molar-refractivity contribution < 1.29 is 14.6 Å². The van der Waals surface area contributed by atoms with Crippen LogP contribution in [0.1, 0.15) is 21.5 Å². The van der Waals surface area contributed by atoms with E-state index in [0.29, 0.717) is 0 Å². The molecule has 1 rings (SSSR count). The van der Waals surface area contributed by atoms with Crippen LogP contribution >= 0.6 is 11.6 Å². The maximum absolute atomic E-state index is 11.3. The number of benzene rings is 1. The molecule has 1 aromatic rings. The second-order valence-electron chi connectivity index (χ2n) is 2.71. The molecule has 0 saturated carbocycles. The first kappa shape index (κ1) is 11.5. The third-order valence-corrected chi connectivity index (χ3v) is 2.29. The van der Waals surface area contributed by atoms with Crippen LogP contribution < -0.4 is 0 Å². The van der Waals surface area contributed by atoms with Gasteiger partial charge < -0.3 is 9.84 Å². The summed E-state index contributed by atoms with van der Waals surface area (Å²) >= 11 is 5.76. The molecule has 0 bridgehead atoms. The van der Waals surface area contributed by atoms with Crippen LogP contribution in [0, 0.1) is 11.3 Å². The van der Waals surface area contributed by atoms with Gasteiger partial charge in [0.25, 0.3) is 0 Å². The number of hydrogen-bond donors (Lipinski definition) is 1. The van der Waals surface area contributed by atoms with Gasteiger partial charge in [0.05, 0.1) is 24.8 Å². The van der Waals surface area contributed by atoms with Gasteiger partial charge >= 0.3 is 5.97 Å². The fraction of sp³-hybridized carbons (Fsp3) is 0.200. The van der Waals surface area contributed by atoms with Crippen molar-refractivity contribution in [2.24, 2.45) is 0 Å². The fourth-order valence-corrected chi connectivity index (χ4v) is 1.40. The molecule has 0 saturated heterocycles. The third kappa shape index (κ3) is 2.09. The predicted octanol–water partition coefficient (Wildman–Crippen LogP) is 1.49. The molecule has 0 amide bonds. The topological polar surface area (TPSA) is 70.3 Å². The molecule has 0 aromatic heterocycles. The molecule has 0 radical (unpaired) electrons. The van der Waals surface area contributed by atoms with E-state index in [2.05, 4.69) is 4.74 Å². The van der Waals surface area contributed by atoms with Crippen molar-refractivity contribution in [3.05, 3.63) is 33.8 Å². The zero-order valence-electron chi connectivity index (χ0n) is 7.95. The van der Waals surface area contributed by atoms with Gasteiger partial charge in [0.2, 0.25) is 0 Å². The second kappa shape index (κ2) is 4.78. The number of carbonyl (C=O) groups excluding carboxylic acids is 1. The van der Waals surface area contributed by atoms with Crippen LogP contribution in [0.25, 0.3) is 0 Å². The fourth-order valence-electron chi connectivity index (χ4n) is 1.18. The quantitative estimate of drug-likeness (QED) is 0.775. The monoisotopic (exact) mass is 225 g/mol. The van der Waals surface area contributed by atoms with Crippen molar-refractivity contribution >= 4 is 17.6 Å². The molecule has 0 spiro atoms. The van der Waals surface area contributed by atoms with E-state index < -0.39 is 12.6 Å². The number of methoxy groups -OCH3 is 1. The summed E-state index contributed by atoms with van der Waals surface area (Å²) in [5, 5.41) is 18.1. The molecule has 0 aliphatic carbocycles. The summed E-state index contributed by atoms with van der Waals surface area (Å²) in [4.78, 5) is 11.3. The van der Waals surface area contributed by atoms with E-state index in [1.165, 1.54) is 19.2 Å². The van der Waals surface area contributed by atoms with Gasteiger partial charge in [-0.3, -0.25) is 0 Å². The van der Waals surface area contributed by atoms with Crippen LogP contribution in [-0.4, -0.2) is 18.2 Å². The van der Waals surface area contributed by atoms with Crippen LogP contribution in [0.3, 0.4) is 0 Å². The summed E-state index contributed by atoms with van der Waals surface area (Å²) in [7, 11) is 1.22. The molecule has 5 heteroatoms. The van der Waals surface area contributed by atoms with Crippen LogP contribution in [0.5, 0.6) is 0 Å². The van der Waals surface area contributed by atoms with Gasteiger partial charge in [-0.15, -0.1) is 0 Å². The Labute approximate surface area is 91.7 Å². The number of nitrogens with zero attached hydrogens (tertiary/aromatic N) is 1. The minimum Gasteiger partial charge on any atom is -0.465 e. The van der Waals surface area contributed by atoms with Crippen molar-refractivity contribution in [2.75, 3.05) is 7.11 Å². The minimum atomic E-state index is -0.627. The molecule has 0 aliphatic heterocycles. The Morgan fingerprint density at radius 1 is 1.67 bits per heavy atom. The first-order chi connectivity index (χ1) is 7.15. The molecule has 0 heterocycles. The molecular formula is C10H8ClNO3. The van der Waals surface area contributed by atoms with E-state index in [1.807, 2.05) is 6.07 Å². The number of nitriles is 1. The zero-order chi connectivity index (χ0) is 11.4. The Kier molecular flexibility index (Phi) is 3.67. The lowest BCUT2D eigenvalue weighted by atomic mass is 10.0. The summed E-state index contributed by atoms with van der Waals surface area (Å²) < 4.78 is 4.50. The number of halogens is 1. The maximum atomic E-state index is 11.3. The van der Waals surface area contributed by atoms with E-state index >= 15 is 0 Å². The van der Waals surface area contributed by atoms with Crippen molar-refractivity contribution in [1.29, 1.82) is 5.26 Å². The van der Waals surface area contributed by atoms with Crippen LogP contribution in [0.15, 0.2) is 12.1 Å². The van der Waals surface area contributed by atoms with Gasteiger partial charge in [-0.25, -0.2) is 4.79 Å². The van der Waals surface area contributed by atoms with Crippen molar-refractivity contribution in [1.82, 2.24) is 0 Å². The number of hydrogen-bond acceptors (Lipinski definition) is 4. The highest BCUT2D eigenvalue weighted by Crippen LogP contribution is 2.23. The molecule has 0 aliphatic rings. The van der Waals surface area contributed by atoms with E-state index in [9.17, 15) is 4.79 Å². The predicted molar refractivity (Wildman–Crippen MR) is 53.4 cm³/mol. The highest BCUT2D eigenvalue weighted by molar-refractivity contribution is 6.31. The Bertz CT molecular complexity index is 437. The van der Waals surface area contributed by atoms with Gasteiger partial charge in [-0.05, 0) is 12.1 Å². The molecule has 0 fully saturated rings. The Morgan fingerprint density at radius 2 is 2.33 bits per heavy atom. The van der Waals surface area contributed by atoms with Gasteiger partial charge in [0.1, 0.15) is 6.07 Å². The first-order valence-corrected chi connectivity index (χ1v) is 4.44. The van der Waals surface area contributed by atoms with E-state index in [-0.39, 0.29) is 21.7 Å². The number of carbonyl (C=O) groups is 1. The van der Waals surface area contributed by atoms with Crippen molar-refractivity contribution in [2.45, 2.75) is 6.61 Å². The molecular weight excluding hydrogens is 218 g/mol. The average Bonchev–Trinajstić information content (AvgIpc) is 2.27. The average molecular weight is 226 g/mol. The Morgan fingerprint density at radius 3 is 2.80 bits per heavy atom. The molecule has 1 N–H and O–H groups in total. The molecule has 15 heavy (non-hydrogen) atoms. The minimum absolute atomic E-state index is 0.0526. The molecule has 1 aromatic carbocycles. The molecule has 4 nitrogen and oxygen atoms in total. The summed E-state index contributed by atoms with van der Waals surface area (Å²) in [6, 6.07) is 4.67. The summed E-state index contributed by atoms with van der Waals surface area (Å²) in [6.07, 6.45) is 0. The van der Waals surface area contributed by atoms with Crippen molar-refractivity contribution in [3.63, 3.8) is 0 Å². The SMILES string of the molecule is COC(=O)c1ccc(Cl)c(CO)c1C#N. The molecule has 0 unspecified atom stereocenters. The number of aliphatic hydroxyl groups excluding tert-OH is 1. The van der Waals surface area contributed by atoms with Crippen LogP contribution in [0.2, 0.25) is 5.02 Å². The number of ether oxygens (including phenoxy) is 1. The smallest absolute Gasteiger partial charge is 0.339 e. The standard InChI is InChI=1S/C10H8ClNO3/c1-15-10(14)6-2-3-9(11)8(5-13)7(6)4-12/h2-3,13H,5H2,1H3. The molecule has 0 atom stereocenters. The van der Waals surface area contributed by atoms with E-state index in [0.717, 1.165) is 0 Å². The van der Waals surface area contributed by atoms with Crippen LogP contribution in [-0.2, 0) is 11.3 Å². The van der Waals surface area contributed by atoms with Gasteiger partial charge in [-0.2, -0.15) is 5.26 Å². The number of rotatable bonds is 2. The van der Waals surface area contributed by atoms with E-state index in [1.54, 1.807) is 0 Å². The van der Waals surface area contributed by atoms with Gasteiger partial charge in [0.15, 0.2) is 0 Å². The summed E-state index contributed by atoms with van der Waals surface area (Å²) in [5.41, 5.74) is 0.396. The lowest BCUT2D eigenvalue weighted by Gasteiger charge is -2.07. The number of esters is 1. The normalized spacial score (nSPS) is 9.47. The maximum Gasteiger partial charge on any atom is 0.339 e. The Balaban J connectivity index is 3.43. The van der Waals surface area contributed by atoms with Gasteiger partial charge in [-0.1, -0.05) is 11.6 Å². The van der Waals surface area contributed by atoms with Gasteiger partial charge in [0, 0.05) is 10.6 Å².